The second-order valence-electron chi connectivity index (χ2n) is 6.59. The third kappa shape index (κ3) is 1.82. The Kier molecular flexibility index (Phi) is 2.68. The molecular formula is C21H20. The quantitative estimate of drug-likeness (QED) is 0.622. The molecule has 0 fully saturated rings. The van der Waals surface area contributed by atoms with E-state index in [-0.39, 0.29) is 5.41 Å². The summed E-state index contributed by atoms with van der Waals surface area (Å²) >= 11 is 0. The molecule has 0 heteroatoms. The van der Waals surface area contributed by atoms with Crippen LogP contribution in [0.2, 0.25) is 0 Å². The second-order valence-corrected chi connectivity index (χ2v) is 6.59. The Labute approximate surface area is 126 Å². The Balaban J connectivity index is 1.90. The van der Waals surface area contributed by atoms with Crippen LogP contribution in [0.1, 0.15) is 43.4 Å². The minimum absolute atomic E-state index is 0.104. The molecule has 2 aromatic carbocycles. The average Bonchev–Trinajstić information content (AvgIpc) is 2.77. The highest BCUT2D eigenvalue weighted by molar-refractivity contribution is 5.83. The highest BCUT2D eigenvalue weighted by Gasteiger charge is 2.35. The van der Waals surface area contributed by atoms with Crippen molar-refractivity contribution in [3.8, 4) is 11.1 Å². The van der Waals surface area contributed by atoms with Gasteiger partial charge in [-0.2, -0.15) is 0 Å². The van der Waals surface area contributed by atoms with E-state index < -0.39 is 0 Å². The minimum Gasteiger partial charge on any atom is -0.0842 e. The Hall–Kier alpha value is -2.08. The number of allylic oxidation sites excluding steroid dienone is 4. The molecule has 2 aliphatic carbocycles. The fraction of sp³-hybridized carbons (Fsp3) is 0.238. The van der Waals surface area contributed by atoms with Crippen LogP contribution in [0.5, 0.6) is 0 Å². The molecule has 2 aromatic rings. The highest BCUT2D eigenvalue weighted by Crippen LogP contribution is 2.49. The van der Waals surface area contributed by atoms with Gasteiger partial charge in [-0.3, -0.25) is 0 Å². The standard InChI is InChI=1S/C21H20/c1-21(2)19-11-7-6-10-17(19)18-13-12-16(14-20(18)21)15-8-4-3-5-9-15/h3-4,6-8,10-14H,5,9H2,1-2H3. The van der Waals surface area contributed by atoms with E-state index in [4.69, 9.17) is 0 Å². The highest BCUT2D eigenvalue weighted by atomic mass is 14.4. The predicted octanol–water partition coefficient (Wildman–Crippen LogP) is 5.73. The molecule has 0 heterocycles. The first-order valence-corrected chi connectivity index (χ1v) is 7.78. The fourth-order valence-corrected chi connectivity index (χ4v) is 3.75. The number of benzene rings is 2. The van der Waals surface area contributed by atoms with Crippen molar-refractivity contribution in [2.75, 3.05) is 0 Å². The van der Waals surface area contributed by atoms with Crippen LogP contribution in [-0.2, 0) is 5.41 Å². The van der Waals surface area contributed by atoms with Crippen molar-refractivity contribution >= 4 is 5.57 Å². The Morgan fingerprint density at radius 1 is 0.905 bits per heavy atom. The Bertz CT molecular complexity index is 772. The molecule has 0 N–H and O–H groups in total. The summed E-state index contributed by atoms with van der Waals surface area (Å²) in [6, 6.07) is 15.9. The number of fused-ring (bicyclic) bond motifs is 3. The van der Waals surface area contributed by atoms with Crippen LogP contribution in [0, 0.1) is 0 Å². The molecule has 0 spiro atoms. The van der Waals surface area contributed by atoms with Crippen LogP contribution in [-0.4, -0.2) is 0 Å². The number of hydrogen-bond donors (Lipinski definition) is 0. The summed E-state index contributed by atoms with van der Waals surface area (Å²) in [5.74, 6) is 0. The third-order valence-corrected chi connectivity index (χ3v) is 4.97. The van der Waals surface area contributed by atoms with Crippen molar-refractivity contribution in [1.82, 2.24) is 0 Å². The van der Waals surface area contributed by atoms with E-state index >= 15 is 0 Å². The lowest BCUT2D eigenvalue weighted by atomic mass is 9.81. The molecule has 0 bridgehead atoms. The molecule has 2 aliphatic rings. The van der Waals surface area contributed by atoms with Crippen LogP contribution < -0.4 is 0 Å². The smallest absolute Gasteiger partial charge is 0.0159 e. The number of rotatable bonds is 1. The second kappa shape index (κ2) is 4.46. The summed E-state index contributed by atoms with van der Waals surface area (Å²) in [4.78, 5) is 0. The zero-order valence-electron chi connectivity index (χ0n) is 12.7. The van der Waals surface area contributed by atoms with E-state index in [0.717, 1.165) is 12.8 Å². The van der Waals surface area contributed by atoms with Gasteiger partial charge in [0.15, 0.2) is 0 Å². The Morgan fingerprint density at radius 3 is 2.52 bits per heavy atom. The lowest BCUT2D eigenvalue weighted by Crippen LogP contribution is -2.15. The first kappa shape index (κ1) is 12.6. The van der Waals surface area contributed by atoms with Crippen molar-refractivity contribution in [2.45, 2.75) is 32.1 Å². The lowest BCUT2D eigenvalue weighted by Gasteiger charge is -2.22. The first-order chi connectivity index (χ1) is 10.2. The number of hydrogen-bond acceptors (Lipinski definition) is 0. The zero-order chi connectivity index (χ0) is 14.4. The van der Waals surface area contributed by atoms with Gasteiger partial charge in [-0.15, -0.1) is 0 Å². The molecule has 0 saturated carbocycles. The molecule has 0 amide bonds. The molecule has 0 aromatic heterocycles. The summed E-state index contributed by atoms with van der Waals surface area (Å²) in [7, 11) is 0. The van der Waals surface area contributed by atoms with Gasteiger partial charge in [0.05, 0.1) is 0 Å². The molecule has 0 saturated heterocycles. The molecule has 104 valence electrons. The van der Waals surface area contributed by atoms with Gasteiger partial charge in [-0.25, -0.2) is 0 Å². The third-order valence-electron chi connectivity index (χ3n) is 4.97. The van der Waals surface area contributed by atoms with E-state index in [1.54, 1.807) is 0 Å². The summed E-state index contributed by atoms with van der Waals surface area (Å²) in [6.07, 6.45) is 9.01. The molecule has 0 unspecified atom stereocenters. The van der Waals surface area contributed by atoms with Gasteiger partial charge in [-0.1, -0.05) is 68.5 Å². The van der Waals surface area contributed by atoms with Gasteiger partial charge in [0.1, 0.15) is 0 Å². The zero-order valence-corrected chi connectivity index (χ0v) is 12.7. The molecule has 21 heavy (non-hydrogen) atoms. The average molecular weight is 272 g/mol. The van der Waals surface area contributed by atoms with Crippen molar-refractivity contribution < 1.29 is 0 Å². The normalized spacial score (nSPS) is 18.1. The van der Waals surface area contributed by atoms with Gasteiger partial charge in [0.2, 0.25) is 0 Å². The topological polar surface area (TPSA) is 0 Å². The largest absolute Gasteiger partial charge is 0.0842 e. The minimum atomic E-state index is 0.104. The summed E-state index contributed by atoms with van der Waals surface area (Å²) < 4.78 is 0. The van der Waals surface area contributed by atoms with Crippen molar-refractivity contribution in [2.24, 2.45) is 0 Å². The van der Waals surface area contributed by atoms with Crippen molar-refractivity contribution in [1.29, 1.82) is 0 Å². The summed E-state index contributed by atoms with van der Waals surface area (Å²) in [6.45, 7) is 4.69. The van der Waals surface area contributed by atoms with Crippen LogP contribution in [0.3, 0.4) is 0 Å². The van der Waals surface area contributed by atoms with E-state index in [0.29, 0.717) is 0 Å². The van der Waals surface area contributed by atoms with Gasteiger partial charge in [0, 0.05) is 5.41 Å². The van der Waals surface area contributed by atoms with Crippen molar-refractivity contribution in [3.63, 3.8) is 0 Å². The fourth-order valence-electron chi connectivity index (χ4n) is 3.75. The van der Waals surface area contributed by atoms with Crippen LogP contribution in [0.15, 0.2) is 60.7 Å². The summed E-state index contributed by atoms with van der Waals surface area (Å²) in [5, 5.41) is 0. The van der Waals surface area contributed by atoms with Crippen molar-refractivity contribution in [3.05, 3.63) is 77.4 Å². The maximum absolute atomic E-state index is 2.42. The monoisotopic (exact) mass is 272 g/mol. The van der Waals surface area contributed by atoms with E-state index in [2.05, 4.69) is 74.5 Å². The van der Waals surface area contributed by atoms with Gasteiger partial charge < -0.3 is 0 Å². The van der Waals surface area contributed by atoms with E-state index in [9.17, 15) is 0 Å². The molecule has 4 rings (SSSR count). The van der Waals surface area contributed by atoms with Gasteiger partial charge in [-0.05, 0) is 52.3 Å². The predicted molar refractivity (Wildman–Crippen MR) is 90.4 cm³/mol. The molecule has 0 atom stereocenters. The van der Waals surface area contributed by atoms with Crippen LogP contribution >= 0.6 is 0 Å². The first-order valence-electron chi connectivity index (χ1n) is 7.78. The molecular weight excluding hydrogens is 252 g/mol. The van der Waals surface area contributed by atoms with Crippen LogP contribution in [0.4, 0.5) is 0 Å². The molecule has 0 nitrogen and oxygen atoms in total. The lowest BCUT2D eigenvalue weighted by molar-refractivity contribution is 0.660. The summed E-state index contributed by atoms with van der Waals surface area (Å²) in [5.41, 5.74) is 8.69. The Morgan fingerprint density at radius 2 is 1.71 bits per heavy atom. The molecule has 0 aliphatic heterocycles. The van der Waals surface area contributed by atoms with Gasteiger partial charge in [0.25, 0.3) is 0 Å². The molecule has 0 radical (unpaired) electrons. The van der Waals surface area contributed by atoms with E-state index in [1.807, 2.05) is 0 Å². The van der Waals surface area contributed by atoms with Gasteiger partial charge >= 0.3 is 0 Å². The maximum Gasteiger partial charge on any atom is 0.0159 e. The SMILES string of the molecule is CC1(C)c2ccccc2-c2ccc(C3=CC=CCC3)cc21. The maximum atomic E-state index is 2.42. The van der Waals surface area contributed by atoms with E-state index in [1.165, 1.54) is 33.4 Å². The van der Waals surface area contributed by atoms with Crippen LogP contribution in [0.25, 0.3) is 16.7 Å².